The van der Waals surface area contributed by atoms with Crippen LogP contribution >= 0.6 is 0 Å². The highest BCUT2D eigenvalue weighted by Crippen LogP contribution is 2.16. The number of nitrogens with one attached hydrogen (secondary N) is 2. The van der Waals surface area contributed by atoms with E-state index in [1.807, 2.05) is 62.4 Å². The fourth-order valence-electron chi connectivity index (χ4n) is 2.18. The lowest BCUT2D eigenvalue weighted by Gasteiger charge is -2.09. The highest BCUT2D eigenvalue weighted by Gasteiger charge is 2.05. The van der Waals surface area contributed by atoms with Crippen LogP contribution in [0, 0.1) is 13.8 Å². The predicted molar refractivity (Wildman–Crippen MR) is 97.6 cm³/mol. The van der Waals surface area contributed by atoms with Crippen LogP contribution in [0.1, 0.15) is 23.1 Å². The van der Waals surface area contributed by atoms with Crippen molar-refractivity contribution in [2.75, 3.05) is 11.9 Å². The van der Waals surface area contributed by atoms with Gasteiger partial charge in [-0.25, -0.2) is 0 Å². The average molecular weight is 322 g/mol. The van der Waals surface area contributed by atoms with Gasteiger partial charge in [-0.05, 0) is 42.7 Å². The van der Waals surface area contributed by atoms with Gasteiger partial charge < -0.3 is 10.6 Å². The van der Waals surface area contributed by atoms with Crippen LogP contribution < -0.4 is 10.6 Å². The third kappa shape index (κ3) is 5.72. The van der Waals surface area contributed by atoms with E-state index >= 15 is 0 Å². The molecule has 124 valence electrons. The molecule has 2 aromatic rings. The number of carbonyl (C=O) groups is 2. The maximum atomic E-state index is 12.0. The van der Waals surface area contributed by atoms with Crippen LogP contribution in [-0.2, 0) is 9.59 Å². The Bertz CT molecular complexity index is 737. The Labute approximate surface area is 142 Å². The van der Waals surface area contributed by atoms with Crippen molar-refractivity contribution >= 4 is 23.6 Å². The van der Waals surface area contributed by atoms with E-state index in [1.54, 1.807) is 6.08 Å². The number of hydrogen-bond donors (Lipinski definition) is 2. The van der Waals surface area contributed by atoms with Gasteiger partial charge in [0.2, 0.25) is 11.8 Å². The van der Waals surface area contributed by atoms with Gasteiger partial charge in [-0.2, -0.15) is 0 Å². The molecule has 0 aliphatic carbocycles. The van der Waals surface area contributed by atoms with Crippen molar-refractivity contribution < 1.29 is 9.59 Å². The summed E-state index contributed by atoms with van der Waals surface area (Å²) in [5, 5.41) is 5.58. The predicted octanol–water partition coefficient (Wildman–Crippen LogP) is 3.46. The fourth-order valence-corrected chi connectivity index (χ4v) is 2.18. The minimum absolute atomic E-state index is 0.115. The van der Waals surface area contributed by atoms with Gasteiger partial charge in [-0.3, -0.25) is 9.59 Å². The molecule has 0 unspecified atom stereocenters. The second-order valence-corrected chi connectivity index (χ2v) is 5.65. The first-order valence-corrected chi connectivity index (χ1v) is 7.92. The highest BCUT2D eigenvalue weighted by molar-refractivity contribution is 5.94. The molecule has 0 atom stereocenters. The van der Waals surface area contributed by atoms with Crippen molar-refractivity contribution in [3.05, 3.63) is 71.3 Å². The monoisotopic (exact) mass is 322 g/mol. The van der Waals surface area contributed by atoms with Gasteiger partial charge in [0, 0.05) is 24.7 Å². The topological polar surface area (TPSA) is 58.2 Å². The van der Waals surface area contributed by atoms with Crippen LogP contribution in [0.4, 0.5) is 5.69 Å². The molecule has 24 heavy (non-hydrogen) atoms. The van der Waals surface area contributed by atoms with Crippen LogP contribution in [0.5, 0.6) is 0 Å². The van der Waals surface area contributed by atoms with Crippen molar-refractivity contribution in [3.63, 3.8) is 0 Å². The molecule has 0 spiro atoms. The third-order valence-corrected chi connectivity index (χ3v) is 3.55. The van der Waals surface area contributed by atoms with E-state index in [4.69, 9.17) is 0 Å². The maximum Gasteiger partial charge on any atom is 0.244 e. The number of amides is 2. The van der Waals surface area contributed by atoms with Gasteiger partial charge in [0.1, 0.15) is 0 Å². The summed E-state index contributed by atoms with van der Waals surface area (Å²) >= 11 is 0. The molecule has 0 aliphatic heterocycles. The summed E-state index contributed by atoms with van der Waals surface area (Å²) in [6.07, 6.45) is 3.45. The van der Waals surface area contributed by atoms with E-state index in [0.29, 0.717) is 6.54 Å². The zero-order valence-corrected chi connectivity index (χ0v) is 14.0. The number of hydrogen-bond acceptors (Lipinski definition) is 2. The Hall–Kier alpha value is -2.88. The summed E-state index contributed by atoms with van der Waals surface area (Å²) in [5.74, 6) is -0.325. The van der Waals surface area contributed by atoms with Gasteiger partial charge >= 0.3 is 0 Å². The summed E-state index contributed by atoms with van der Waals surface area (Å²) in [7, 11) is 0. The number of benzene rings is 2. The molecular formula is C20H22N2O2. The first-order valence-electron chi connectivity index (χ1n) is 7.92. The standard InChI is InChI=1S/C20H22N2O2/c1-15-8-9-16(2)18(14-15)22-20(24)12-13-21-19(23)11-10-17-6-4-3-5-7-17/h3-11,14H,12-13H2,1-2H3,(H,21,23)(H,22,24)/b11-10+. The van der Waals surface area contributed by atoms with Gasteiger partial charge in [0.05, 0.1) is 0 Å². The Kier molecular flexibility index (Phi) is 6.32. The Balaban J connectivity index is 1.75. The van der Waals surface area contributed by atoms with Crippen LogP contribution in [0.2, 0.25) is 0 Å². The van der Waals surface area contributed by atoms with Crippen LogP contribution in [0.3, 0.4) is 0 Å². The third-order valence-electron chi connectivity index (χ3n) is 3.55. The summed E-state index contributed by atoms with van der Waals surface area (Å²) < 4.78 is 0. The zero-order valence-electron chi connectivity index (χ0n) is 14.0. The second kappa shape index (κ2) is 8.67. The molecule has 4 nitrogen and oxygen atoms in total. The number of rotatable bonds is 6. The van der Waals surface area contributed by atoms with Gasteiger partial charge in [-0.1, -0.05) is 42.5 Å². The summed E-state index contributed by atoms with van der Waals surface area (Å²) in [4.78, 5) is 23.7. The maximum absolute atomic E-state index is 12.0. The average Bonchev–Trinajstić information content (AvgIpc) is 2.57. The Morgan fingerprint density at radius 2 is 1.79 bits per heavy atom. The largest absolute Gasteiger partial charge is 0.352 e. The molecule has 0 bridgehead atoms. The van der Waals surface area contributed by atoms with Gasteiger partial charge in [-0.15, -0.1) is 0 Å². The van der Waals surface area contributed by atoms with E-state index < -0.39 is 0 Å². The highest BCUT2D eigenvalue weighted by atomic mass is 16.2. The molecule has 0 aromatic heterocycles. The summed E-state index contributed by atoms with van der Waals surface area (Å²) in [5.41, 5.74) is 3.88. The van der Waals surface area contributed by atoms with Crippen LogP contribution in [-0.4, -0.2) is 18.4 Å². The Morgan fingerprint density at radius 1 is 1.04 bits per heavy atom. The van der Waals surface area contributed by atoms with Gasteiger partial charge in [0.15, 0.2) is 0 Å². The van der Waals surface area contributed by atoms with Crippen LogP contribution in [0.15, 0.2) is 54.6 Å². The van der Waals surface area contributed by atoms with E-state index in [1.165, 1.54) is 6.08 Å². The van der Waals surface area contributed by atoms with E-state index in [9.17, 15) is 9.59 Å². The van der Waals surface area contributed by atoms with Crippen molar-refractivity contribution in [2.45, 2.75) is 20.3 Å². The number of aryl methyl sites for hydroxylation is 2. The molecule has 2 aromatic carbocycles. The number of carbonyl (C=O) groups excluding carboxylic acids is 2. The molecule has 0 heterocycles. The Morgan fingerprint density at radius 3 is 2.54 bits per heavy atom. The van der Waals surface area contributed by atoms with E-state index in [-0.39, 0.29) is 18.2 Å². The van der Waals surface area contributed by atoms with Crippen LogP contribution in [0.25, 0.3) is 6.08 Å². The quantitative estimate of drug-likeness (QED) is 0.800. The molecule has 2 amide bonds. The molecule has 0 radical (unpaired) electrons. The molecule has 0 saturated carbocycles. The summed E-state index contributed by atoms with van der Waals surface area (Å²) in [6.45, 7) is 4.23. The lowest BCUT2D eigenvalue weighted by Crippen LogP contribution is -2.26. The summed E-state index contributed by atoms with van der Waals surface area (Å²) in [6, 6.07) is 15.5. The minimum Gasteiger partial charge on any atom is -0.352 e. The van der Waals surface area contributed by atoms with Crippen molar-refractivity contribution in [3.8, 4) is 0 Å². The first-order chi connectivity index (χ1) is 11.5. The molecule has 4 heteroatoms. The lowest BCUT2D eigenvalue weighted by atomic mass is 10.1. The fraction of sp³-hybridized carbons (Fsp3) is 0.200. The molecule has 0 saturated heterocycles. The number of anilines is 1. The van der Waals surface area contributed by atoms with E-state index in [2.05, 4.69) is 10.6 Å². The van der Waals surface area contributed by atoms with Crippen molar-refractivity contribution in [2.24, 2.45) is 0 Å². The normalized spacial score (nSPS) is 10.6. The second-order valence-electron chi connectivity index (χ2n) is 5.65. The van der Waals surface area contributed by atoms with Gasteiger partial charge in [0.25, 0.3) is 0 Å². The smallest absolute Gasteiger partial charge is 0.244 e. The van der Waals surface area contributed by atoms with E-state index in [0.717, 1.165) is 22.4 Å². The molecule has 0 fully saturated rings. The molecule has 2 rings (SSSR count). The zero-order chi connectivity index (χ0) is 17.4. The first kappa shape index (κ1) is 17.5. The molecular weight excluding hydrogens is 300 g/mol. The SMILES string of the molecule is Cc1ccc(C)c(NC(=O)CCNC(=O)/C=C/c2ccccc2)c1. The van der Waals surface area contributed by atoms with Crippen molar-refractivity contribution in [1.29, 1.82) is 0 Å². The lowest BCUT2D eigenvalue weighted by molar-refractivity contribution is -0.117. The minimum atomic E-state index is -0.210. The molecule has 2 N–H and O–H groups in total. The van der Waals surface area contributed by atoms with Crippen molar-refractivity contribution in [1.82, 2.24) is 5.32 Å². The molecule has 0 aliphatic rings.